The first kappa shape index (κ1) is 19.4. The maximum absolute atomic E-state index is 13.6. The molecule has 0 radical (unpaired) electrons. The summed E-state index contributed by atoms with van der Waals surface area (Å²) >= 11 is 0. The van der Waals surface area contributed by atoms with Crippen molar-refractivity contribution in [2.45, 2.75) is 32.6 Å². The fraction of sp³-hybridized carbons (Fsp3) is 0.280. The molecule has 0 amide bonds. The van der Waals surface area contributed by atoms with Gasteiger partial charge in [-0.05, 0) is 41.7 Å². The van der Waals surface area contributed by atoms with E-state index in [4.69, 9.17) is 4.74 Å². The van der Waals surface area contributed by atoms with Crippen LogP contribution in [-0.4, -0.2) is 22.7 Å². The Morgan fingerprint density at radius 3 is 2.39 bits per heavy atom. The predicted molar refractivity (Wildman–Crippen MR) is 120 cm³/mol. The van der Waals surface area contributed by atoms with Gasteiger partial charge in [-0.2, -0.15) is 0 Å². The van der Waals surface area contributed by atoms with Crippen LogP contribution in [0.4, 0.5) is 5.82 Å². The zero-order chi connectivity index (χ0) is 21.8. The van der Waals surface area contributed by atoms with Gasteiger partial charge in [0.05, 0.1) is 18.4 Å². The Kier molecular flexibility index (Phi) is 4.39. The molecule has 2 N–H and O–H groups in total. The number of carbonyl (C=O) groups excluding carboxylic acids is 1. The number of hydrogen-bond acceptors (Lipinski definition) is 4. The summed E-state index contributed by atoms with van der Waals surface area (Å²) in [5, 5.41) is 6.63. The summed E-state index contributed by atoms with van der Waals surface area (Å²) < 4.78 is 6.85. The largest absolute Gasteiger partial charge is 0.497 e. The van der Waals surface area contributed by atoms with E-state index in [9.17, 15) is 9.59 Å². The molecule has 6 heteroatoms. The molecule has 2 aliphatic rings. The maximum Gasteiger partial charge on any atom is 0.277 e. The topological polar surface area (TPSA) is 76.1 Å². The van der Waals surface area contributed by atoms with Crippen molar-refractivity contribution in [3.8, 4) is 11.4 Å². The molecule has 6 nitrogen and oxygen atoms in total. The standard InChI is InChI=1S/C25H25N3O3/c1-25(2)13-18-21(19(29)14-25)20(15-9-11-17(31-3)12-10-15)22-23(26-18)27-28(24(22)30)16-7-5-4-6-8-16/h4-12,20,26-27H,13-14H2,1-3H3/t20-/m1/s1. The van der Waals surface area contributed by atoms with Crippen LogP contribution in [0.15, 0.2) is 70.7 Å². The number of aromatic nitrogens is 2. The smallest absolute Gasteiger partial charge is 0.277 e. The molecule has 1 aliphatic carbocycles. The number of ether oxygens (including phenoxy) is 1. The minimum atomic E-state index is -0.422. The number of nitrogens with zero attached hydrogens (tertiary/aromatic N) is 1. The van der Waals surface area contributed by atoms with E-state index < -0.39 is 5.92 Å². The summed E-state index contributed by atoms with van der Waals surface area (Å²) in [6, 6.07) is 17.1. The van der Waals surface area contributed by atoms with E-state index in [0.717, 1.165) is 29.1 Å². The first-order valence-electron chi connectivity index (χ1n) is 10.5. The number of hydrogen-bond donors (Lipinski definition) is 2. The van der Waals surface area contributed by atoms with Crippen molar-refractivity contribution < 1.29 is 9.53 Å². The number of para-hydroxylation sites is 1. The van der Waals surface area contributed by atoms with Gasteiger partial charge in [0.1, 0.15) is 11.6 Å². The lowest BCUT2D eigenvalue weighted by atomic mass is 9.69. The van der Waals surface area contributed by atoms with Crippen molar-refractivity contribution in [1.82, 2.24) is 9.78 Å². The number of Topliss-reactive ketones (excluding diaryl/α,β-unsaturated/α-hetero) is 1. The molecule has 31 heavy (non-hydrogen) atoms. The lowest BCUT2D eigenvalue weighted by Gasteiger charge is -2.37. The highest BCUT2D eigenvalue weighted by Crippen LogP contribution is 2.47. The van der Waals surface area contributed by atoms with E-state index in [1.165, 1.54) is 0 Å². The van der Waals surface area contributed by atoms with E-state index in [0.29, 0.717) is 23.4 Å². The van der Waals surface area contributed by atoms with Gasteiger partial charge in [0.2, 0.25) is 0 Å². The predicted octanol–water partition coefficient (Wildman–Crippen LogP) is 4.37. The van der Waals surface area contributed by atoms with Gasteiger partial charge in [0.25, 0.3) is 5.56 Å². The van der Waals surface area contributed by atoms with Crippen LogP contribution in [-0.2, 0) is 4.79 Å². The van der Waals surface area contributed by atoms with Gasteiger partial charge in [-0.15, -0.1) is 0 Å². The molecule has 2 aromatic carbocycles. The summed E-state index contributed by atoms with van der Waals surface area (Å²) in [4.78, 5) is 26.9. The second-order valence-electron chi connectivity index (χ2n) is 9.04. The highest BCUT2D eigenvalue weighted by atomic mass is 16.5. The Balaban J connectivity index is 1.73. The third-order valence-corrected chi connectivity index (χ3v) is 6.16. The molecule has 1 aromatic heterocycles. The Bertz CT molecular complexity index is 1250. The molecule has 3 aromatic rings. The molecule has 0 saturated carbocycles. The highest BCUT2D eigenvalue weighted by molar-refractivity contribution is 6.01. The first-order valence-corrected chi connectivity index (χ1v) is 10.5. The zero-order valence-corrected chi connectivity index (χ0v) is 17.9. The monoisotopic (exact) mass is 415 g/mol. The summed E-state index contributed by atoms with van der Waals surface area (Å²) in [7, 11) is 1.62. The summed E-state index contributed by atoms with van der Waals surface area (Å²) in [6.45, 7) is 4.21. The van der Waals surface area contributed by atoms with Gasteiger partial charge < -0.3 is 10.1 Å². The quantitative estimate of drug-likeness (QED) is 0.666. The second-order valence-corrected chi connectivity index (χ2v) is 9.04. The molecule has 158 valence electrons. The van der Waals surface area contributed by atoms with Crippen molar-refractivity contribution in [2.24, 2.45) is 5.41 Å². The molecule has 2 heterocycles. The molecule has 1 atom stereocenters. The molecular weight excluding hydrogens is 390 g/mol. The van der Waals surface area contributed by atoms with Crippen LogP contribution >= 0.6 is 0 Å². The van der Waals surface area contributed by atoms with Gasteiger partial charge in [0.15, 0.2) is 5.78 Å². The van der Waals surface area contributed by atoms with Gasteiger partial charge in [0, 0.05) is 23.6 Å². The summed E-state index contributed by atoms with van der Waals surface area (Å²) in [5.74, 6) is 1.06. The fourth-order valence-corrected chi connectivity index (χ4v) is 4.78. The van der Waals surface area contributed by atoms with Crippen LogP contribution in [0.2, 0.25) is 0 Å². The molecule has 0 bridgehead atoms. The van der Waals surface area contributed by atoms with Crippen LogP contribution in [0.1, 0.15) is 43.7 Å². The van der Waals surface area contributed by atoms with Gasteiger partial charge in [-0.25, -0.2) is 4.68 Å². The number of allylic oxidation sites excluding steroid dienone is 2. The van der Waals surface area contributed by atoms with E-state index in [-0.39, 0.29) is 16.8 Å². The molecule has 1 aliphatic heterocycles. The third-order valence-electron chi connectivity index (χ3n) is 6.16. The minimum Gasteiger partial charge on any atom is -0.497 e. The summed E-state index contributed by atoms with van der Waals surface area (Å²) in [6.07, 6.45) is 1.21. The number of H-pyrrole nitrogens is 1. The van der Waals surface area contributed by atoms with Crippen molar-refractivity contribution in [3.05, 3.63) is 87.3 Å². The van der Waals surface area contributed by atoms with Crippen molar-refractivity contribution >= 4 is 11.6 Å². The van der Waals surface area contributed by atoms with E-state index in [2.05, 4.69) is 24.3 Å². The van der Waals surface area contributed by atoms with E-state index in [1.807, 2.05) is 54.6 Å². The fourth-order valence-electron chi connectivity index (χ4n) is 4.78. The Morgan fingerprint density at radius 1 is 1.00 bits per heavy atom. The van der Waals surface area contributed by atoms with Gasteiger partial charge >= 0.3 is 0 Å². The van der Waals surface area contributed by atoms with Crippen LogP contribution in [0.25, 0.3) is 5.69 Å². The molecule has 5 rings (SSSR count). The molecule has 0 unspecified atom stereocenters. The normalized spacial score (nSPS) is 19.5. The maximum atomic E-state index is 13.6. The average Bonchev–Trinajstić information content (AvgIpc) is 3.08. The third kappa shape index (κ3) is 3.19. The number of nitrogens with one attached hydrogen (secondary N) is 2. The zero-order valence-electron chi connectivity index (χ0n) is 17.9. The van der Waals surface area contributed by atoms with Crippen LogP contribution in [0.5, 0.6) is 5.75 Å². The first-order chi connectivity index (χ1) is 14.9. The van der Waals surface area contributed by atoms with Crippen LogP contribution < -0.4 is 15.6 Å². The Labute approximate surface area is 180 Å². The number of carbonyl (C=O) groups is 1. The number of methoxy groups -OCH3 is 1. The highest BCUT2D eigenvalue weighted by Gasteiger charge is 2.42. The van der Waals surface area contributed by atoms with Crippen molar-refractivity contribution in [3.63, 3.8) is 0 Å². The summed E-state index contributed by atoms with van der Waals surface area (Å²) in [5.41, 5.74) is 3.54. The molecule has 0 spiro atoms. The second kappa shape index (κ2) is 7.01. The Morgan fingerprint density at radius 2 is 1.71 bits per heavy atom. The number of fused-ring (bicyclic) bond motifs is 1. The number of anilines is 1. The van der Waals surface area contributed by atoms with E-state index >= 15 is 0 Å². The van der Waals surface area contributed by atoms with E-state index in [1.54, 1.807) is 11.8 Å². The number of aromatic amines is 1. The SMILES string of the molecule is COc1ccc([C@@H]2C3=C(CC(C)(C)CC3=O)Nc3[nH]n(-c4ccccc4)c(=O)c32)cc1. The average molecular weight is 415 g/mol. The van der Waals surface area contributed by atoms with Crippen molar-refractivity contribution in [2.75, 3.05) is 12.4 Å². The number of rotatable bonds is 3. The molecule has 0 saturated heterocycles. The lowest BCUT2D eigenvalue weighted by molar-refractivity contribution is -0.118. The van der Waals surface area contributed by atoms with Crippen LogP contribution in [0.3, 0.4) is 0 Å². The van der Waals surface area contributed by atoms with Crippen molar-refractivity contribution in [1.29, 1.82) is 0 Å². The molecular formula is C25H25N3O3. The van der Waals surface area contributed by atoms with Gasteiger partial charge in [-0.3, -0.25) is 14.7 Å². The minimum absolute atomic E-state index is 0.0945. The van der Waals surface area contributed by atoms with Gasteiger partial charge in [-0.1, -0.05) is 44.2 Å². The number of benzene rings is 2. The Hall–Kier alpha value is -3.54. The lowest BCUT2D eigenvalue weighted by Crippen LogP contribution is -2.35. The molecule has 0 fully saturated rings. The van der Waals surface area contributed by atoms with Crippen LogP contribution in [0, 0.1) is 5.41 Å². The number of ketones is 1.